The van der Waals surface area contributed by atoms with Gasteiger partial charge in [0.1, 0.15) is 0 Å². The highest BCUT2D eigenvalue weighted by molar-refractivity contribution is 5.16. The molecule has 2 nitrogen and oxygen atoms in total. The first kappa shape index (κ1) is 10.3. The minimum absolute atomic E-state index is 0.468. The summed E-state index contributed by atoms with van der Waals surface area (Å²) in [5.41, 5.74) is 4.43. The zero-order valence-electron chi connectivity index (χ0n) is 9.60. The van der Waals surface area contributed by atoms with Gasteiger partial charge in [-0.25, -0.2) is 0 Å². The monoisotopic (exact) mass is 216 g/mol. The van der Waals surface area contributed by atoms with Gasteiger partial charge in [0.05, 0.1) is 0 Å². The van der Waals surface area contributed by atoms with Crippen molar-refractivity contribution in [1.82, 2.24) is 5.43 Å². The first-order chi connectivity index (χ1) is 7.86. The van der Waals surface area contributed by atoms with E-state index in [4.69, 9.17) is 5.84 Å². The second kappa shape index (κ2) is 4.19. The van der Waals surface area contributed by atoms with Crippen LogP contribution in [0.25, 0.3) is 0 Å². The van der Waals surface area contributed by atoms with E-state index >= 15 is 0 Å². The first-order valence-corrected chi connectivity index (χ1v) is 6.37. The highest BCUT2D eigenvalue weighted by Gasteiger charge is 2.47. The van der Waals surface area contributed by atoms with Gasteiger partial charge in [-0.3, -0.25) is 11.3 Å². The summed E-state index contributed by atoms with van der Waals surface area (Å²) in [4.78, 5) is 0. The Morgan fingerprint density at radius 1 is 1.12 bits per heavy atom. The Kier molecular flexibility index (Phi) is 2.70. The lowest BCUT2D eigenvalue weighted by Crippen LogP contribution is -2.42. The SMILES string of the molecule is NNC(Cc1ccccc1)C1CC2CC2C1. The molecule has 3 rings (SSSR count). The first-order valence-electron chi connectivity index (χ1n) is 6.37. The number of hydrogen-bond acceptors (Lipinski definition) is 2. The molecule has 0 spiro atoms. The molecule has 2 saturated carbocycles. The van der Waals surface area contributed by atoms with Gasteiger partial charge in [-0.05, 0) is 49.0 Å². The van der Waals surface area contributed by atoms with Gasteiger partial charge < -0.3 is 0 Å². The topological polar surface area (TPSA) is 38.0 Å². The van der Waals surface area contributed by atoms with Crippen LogP contribution in [0.4, 0.5) is 0 Å². The number of hydrazine groups is 1. The lowest BCUT2D eigenvalue weighted by Gasteiger charge is -2.24. The Morgan fingerprint density at radius 2 is 1.81 bits per heavy atom. The minimum Gasteiger partial charge on any atom is -0.271 e. The Balaban J connectivity index is 1.63. The molecule has 0 heterocycles. The third-order valence-electron chi connectivity index (χ3n) is 4.36. The number of hydrogen-bond donors (Lipinski definition) is 2. The summed E-state index contributed by atoms with van der Waals surface area (Å²) in [7, 11) is 0. The van der Waals surface area contributed by atoms with Crippen LogP contribution in [0.15, 0.2) is 30.3 Å². The van der Waals surface area contributed by atoms with Crippen LogP contribution in [0.2, 0.25) is 0 Å². The van der Waals surface area contributed by atoms with E-state index in [1.807, 2.05) is 0 Å². The zero-order chi connectivity index (χ0) is 11.0. The van der Waals surface area contributed by atoms with Crippen molar-refractivity contribution in [2.75, 3.05) is 0 Å². The van der Waals surface area contributed by atoms with Crippen molar-refractivity contribution in [3.63, 3.8) is 0 Å². The van der Waals surface area contributed by atoms with E-state index in [1.165, 1.54) is 24.8 Å². The summed E-state index contributed by atoms with van der Waals surface area (Å²) in [6.07, 6.45) is 5.35. The van der Waals surface area contributed by atoms with Crippen molar-refractivity contribution in [1.29, 1.82) is 0 Å². The molecular weight excluding hydrogens is 196 g/mol. The maximum absolute atomic E-state index is 5.71. The van der Waals surface area contributed by atoms with Crippen LogP contribution < -0.4 is 11.3 Å². The molecule has 0 amide bonds. The second-order valence-corrected chi connectivity index (χ2v) is 5.45. The van der Waals surface area contributed by atoms with Crippen LogP contribution in [0.3, 0.4) is 0 Å². The van der Waals surface area contributed by atoms with Gasteiger partial charge in [0, 0.05) is 6.04 Å². The molecule has 86 valence electrons. The number of fused-ring (bicyclic) bond motifs is 1. The number of nitrogens with two attached hydrogens (primary N) is 1. The molecule has 0 saturated heterocycles. The molecular formula is C14H20N2. The molecule has 2 aliphatic carbocycles. The second-order valence-electron chi connectivity index (χ2n) is 5.45. The molecule has 3 atom stereocenters. The van der Waals surface area contributed by atoms with Crippen molar-refractivity contribution < 1.29 is 0 Å². The van der Waals surface area contributed by atoms with Gasteiger partial charge in [0.2, 0.25) is 0 Å². The summed E-state index contributed by atoms with van der Waals surface area (Å²) in [5.74, 6) is 8.59. The van der Waals surface area contributed by atoms with Gasteiger partial charge in [0.25, 0.3) is 0 Å². The number of benzene rings is 1. The van der Waals surface area contributed by atoms with Gasteiger partial charge in [0.15, 0.2) is 0 Å². The van der Waals surface area contributed by atoms with Gasteiger partial charge in [-0.1, -0.05) is 30.3 Å². The van der Waals surface area contributed by atoms with Gasteiger partial charge >= 0.3 is 0 Å². The predicted molar refractivity (Wildman–Crippen MR) is 65.6 cm³/mol. The Labute approximate surface area is 97.2 Å². The summed E-state index contributed by atoms with van der Waals surface area (Å²) in [5, 5.41) is 0. The predicted octanol–water partition coefficient (Wildman–Crippen LogP) is 2.11. The van der Waals surface area contributed by atoms with E-state index in [-0.39, 0.29) is 0 Å². The van der Waals surface area contributed by atoms with Crippen molar-refractivity contribution in [2.24, 2.45) is 23.6 Å². The Morgan fingerprint density at radius 3 is 2.44 bits per heavy atom. The molecule has 1 aromatic rings. The van der Waals surface area contributed by atoms with Gasteiger partial charge in [-0.2, -0.15) is 0 Å². The van der Waals surface area contributed by atoms with Crippen LogP contribution >= 0.6 is 0 Å². The fraction of sp³-hybridized carbons (Fsp3) is 0.571. The standard InChI is InChI=1S/C14H20N2/c15-16-14(6-10-4-2-1-3-5-10)13-8-11-7-12(11)9-13/h1-5,11-14,16H,6-9,15H2. The molecule has 2 heteroatoms. The summed E-state index contributed by atoms with van der Waals surface area (Å²) in [6, 6.07) is 11.1. The lowest BCUT2D eigenvalue weighted by molar-refractivity contribution is 0.336. The zero-order valence-corrected chi connectivity index (χ0v) is 9.60. The lowest BCUT2D eigenvalue weighted by atomic mass is 9.90. The molecule has 3 N–H and O–H groups in total. The highest BCUT2D eigenvalue weighted by atomic mass is 15.2. The number of rotatable bonds is 4. The summed E-state index contributed by atoms with van der Waals surface area (Å²) >= 11 is 0. The maximum atomic E-state index is 5.71. The third-order valence-corrected chi connectivity index (χ3v) is 4.36. The van der Waals surface area contributed by atoms with E-state index < -0.39 is 0 Å². The van der Waals surface area contributed by atoms with Crippen molar-refractivity contribution in [3.05, 3.63) is 35.9 Å². The molecule has 0 aliphatic heterocycles. The van der Waals surface area contributed by atoms with Crippen molar-refractivity contribution in [3.8, 4) is 0 Å². The average Bonchev–Trinajstić information content (AvgIpc) is 2.94. The van der Waals surface area contributed by atoms with E-state index in [1.54, 1.807) is 0 Å². The van der Waals surface area contributed by atoms with Crippen LogP contribution in [0.1, 0.15) is 24.8 Å². The molecule has 2 fully saturated rings. The average molecular weight is 216 g/mol. The van der Waals surface area contributed by atoms with Gasteiger partial charge in [-0.15, -0.1) is 0 Å². The summed E-state index contributed by atoms with van der Waals surface area (Å²) < 4.78 is 0. The fourth-order valence-corrected chi connectivity index (χ4v) is 3.32. The maximum Gasteiger partial charge on any atom is 0.0279 e. The quantitative estimate of drug-likeness (QED) is 0.597. The highest BCUT2D eigenvalue weighted by Crippen LogP contribution is 2.55. The summed E-state index contributed by atoms with van der Waals surface area (Å²) in [6.45, 7) is 0. The van der Waals surface area contributed by atoms with Crippen molar-refractivity contribution in [2.45, 2.75) is 31.7 Å². The molecule has 2 aliphatic rings. The van der Waals surface area contributed by atoms with Crippen molar-refractivity contribution >= 4 is 0 Å². The Hall–Kier alpha value is -0.860. The normalized spacial score (nSPS) is 33.4. The van der Waals surface area contributed by atoms with E-state index in [0.717, 1.165) is 24.2 Å². The van der Waals surface area contributed by atoms with E-state index in [2.05, 4.69) is 35.8 Å². The van der Waals surface area contributed by atoms with Crippen LogP contribution in [-0.2, 0) is 6.42 Å². The third kappa shape index (κ3) is 2.00. The van der Waals surface area contributed by atoms with Crippen LogP contribution in [0, 0.1) is 17.8 Å². The molecule has 16 heavy (non-hydrogen) atoms. The Bertz CT molecular complexity index is 339. The molecule has 0 radical (unpaired) electrons. The fourth-order valence-electron chi connectivity index (χ4n) is 3.32. The van der Waals surface area contributed by atoms with E-state index in [9.17, 15) is 0 Å². The molecule has 0 bridgehead atoms. The van der Waals surface area contributed by atoms with Crippen LogP contribution in [0.5, 0.6) is 0 Å². The largest absolute Gasteiger partial charge is 0.271 e. The molecule has 1 aromatic carbocycles. The molecule has 0 aromatic heterocycles. The smallest absolute Gasteiger partial charge is 0.0279 e. The van der Waals surface area contributed by atoms with E-state index in [0.29, 0.717) is 6.04 Å². The molecule has 3 unspecified atom stereocenters. The number of nitrogens with one attached hydrogen (secondary N) is 1. The van der Waals surface area contributed by atoms with Crippen LogP contribution in [-0.4, -0.2) is 6.04 Å². The minimum atomic E-state index is 0.468.